The van der Waals surface area contributed by atoms with Crippen LogP contribution in [0.3, 0.4) is 0 Å². The average molecular weight is 477 g/mol. The van der Waals surface area contributed by atoms with Crippen molar-refractivity contribution < 1.29 is 31.8 Å². The number of carbonyl (C=O) groups is 1. The van der Waals surface area contributed by atoms with E-state index in [1.54, 1.807) is 18.3 Å². The number of halogens is 4. The van der Waals surface area contributed by atoms with Gasteiger partial charge < -0.3 is 20.5 Å². The maximum Gasteiger partial charge on any atom is 0.573 e. The van der Waals surface area contributed by atoms with Crippen LogP contribution >= 0.6 is 0 Å². The summed E-state index contributed by atoms with van der Waals surface area (Å²) < 4.78 is 61.7. The highest BCUT2D eigenvalue weighted by molar-refractivity contribution is 5.94. The van der Waals surface area contributed by atoms with E-state index in [9.17, 15) is 22.4 Å². The van der Waals surface area contributed by atoms with Crippen LogP contribution in [0.25, 0.3) is 16.9 Å². The standard InChI is InChI=1S/C20H15F4N7O3/c1-33-18-16(17(32)26-8-11-6-12(2-3-13(11)21)34-20(22,23)24)28-14(9-27-18)10-4-5-31-15(7-10)29-19(25)30-31/h2-7,9H,8H2,1H3,(H2,25,30)(H,26,32). The fraction of sp³-hybridized carbons (Fsp3) is 0.150. The zero-order valence-corrected chi connectivity index (χ0v) is 17.3. The van der Waals surface area contributed by atoms with Crippen molar-refractivity contribution in [2.45, 2.75) is 12.9 Å². The van der Waals surface area contributed by atoms with E-state index < -0.39 is 30.4 Å². The van der Waals surface area contributed by atoms with Crippen molar-refractivity contribution in [3.05, 3.63) is 59.8 Å². The molecule has 3 heterocycles. The van der Waals surface area contributed by atoms with Gasteiger partial charge in [0, 0.05) is 23.9 Å². The van der Waals surface area contributed by atoms with Crippen LogP contribution in [0.4, 0.5) is 23.5 Å². The van der Waals surface area contributed by atoms with Gasteiger partial charge in [-0.15, -0.1) is 18.3 Å². The number of benzene rings is 1. The number of ether oxygens (including phenoxy) is 2. The van der Waals surface area contributed by atoms with E-state index in [4.69, 9.17) is 10.5 Å². The Labute approximate surface area is 188 Å². The molecule has 1 aromatic carbocycles. The lowest BCUT2D eigenvalue weighted by atomic mass is 10.2. The average Bonchev–Trinajstić information content (AvgIpc) is 3.17. The number of nitrogens with one attached hydrogen (secondary N) is 1. The molecule has 3 N–H and O–H groups in total. The first kappa shape index (κ1) is 22.7. The molecule has 0 radical (unpaired) electrons. The first-order valence-electron chi connectivity index (χ1n) is 9.48. The number of hydrogen-bond acceptors (Lipinski definition) is 8. The molecule has 4 rings (SSSR count). The summed E-state index contributed by atoms with van der Waals surface area (Å²) in [6.07, 6.45) is -1.97. The number of methoxy groups -OCH3 is 1. The van der Waals surface area contributed by atoms with E-state index in [0.717, 1.165) is 18.2 Å². The molecule has 4 aromatic rings. The van der Waals surface area contributed by atoms with Crippen LogP contribution in [0.15, 0.2) is 42.7 Å². The molecule has 0 saturated carbocycles. The molecule has 14 heteroatoms. The summed E-state index contributed by atoms with van der Waals surface area (Å²) >= 11 is 0. The molecule has 0 fully saturated rings. The number of pyridine rings is 1. The van der Waals surface area contributed by atoms with Crippen LogP contribution in [0.2, 0.25) is 0 Å². The monoisotopic (exact) mass is 477 g/mol. The molecule has 10 nitrogen and oxygen atoms in total. The van der Waals surface area contributed by atoms with Gasteiger partial charge in [-0.3, -0.25) is 4.79 Å². The molecule has 0 aliphatic rings. The molecule has 176 valence electrons. The lowest BCUT2D eigenvalue weighted by Crippen LogP contribution is -2.25. The second-order valence-electron chi connectivity index (χ2n) is 6.79. The van der Waals surface area contributed by atoms with Gasteiger partial charge in [-0.2, -0.15) is 4.98 Å². The minimum absolute atomic E-state index is 0.0787. The first-order valence-corrected chi connectivity index (χ1v) is 9.48. The number of hydrogen-bond donors (Lipinski definition) is 2. The number of nitrogens with two attached hydrogens (primary N) is 1. The third kappa shape index (κ3) is 4.95. The summed E-state index contributed by atoms with van der Waals surface area (Å²) in [6, 6.07) is 5.74. The Morgan fingerprint density at radius 1 is 1.21 bits per heavy atom. The number of fused-ring (bicyclic) bond motifs is 1. The molecule has 0 bridgehead atoms. The molecule has 0 spiro atoms. The van der Waals surface area contributed by atoms with Crippen molar-refractivity contribution in [1.82, 2.24) is 29.9 Å². The van der Waals surface area contributed by atoms with Crippen LogP contribution in [0.1, 0.15) is 16.1 Å². The predicted molar refractivity (Wildman–Crippen MR) is 109 cm³/mol. The fourth-order valence-electron chi connectivity index (χ4n) is 3.02. The Bertz CT molecular complexity index is 1370. The highest BCUT2D eigenvalue weighted by atomic mass is 19.4. The molecular weight excluding hydrogens is 462 g/mol. The van der Waals surface area contributed by atoms with Crippen LogP contribution in [-0.4, -0.2) is 43.9 Å². The highest BCUT2D eigenvalue weighted by Crippen LogP contribution is 2.25. The Morgan fingerprint density at radius 3 is 2.74 bits per heavy atom. The van der Waals surface area contributed by atoms with Crippen molar-refractivity contribution in [2.75, 3.05) is 12.8 Å². The Hall–Kier alpha value is -4.49. The molecule has 0 atom stereocenters. The van der Waals surface area contributed by atoms with Gasteiger partial charge in [-0.05, 0) is 30.3 Å². The molecule has 1 amide bonds. The SMILES string of the molecule is COc1ncc(-c2ccn3nc(N)nc3c2)nc1C(=O)NCc1cc(OC(F)(F)F)ccc1F. The van der Waals surface area contributed by atoms with Crippen LogP contribution in [0, 0.1) is 5.82 Å². The molecule has 0 saturated heterocycles. The summed E-state index contributed by atoms with van der Waals surface area (Å²) in [6.45, 7) is -0.445. The lowest BCUT2D eigenvalue weighted by molar-refractivity contribution is -0.274. The molecule has 0 aliphatic carbocycles. The van der Waals surface area contributed by atoms with Crippen molar-refractivity contribution >= 4 is 17.5 Å². The van der Waals surface area contributed by atoms with Crippen molar-refractivity contribution in [3.8, 4) is 22.9 Å². The lowest BCUT2D eigenvalue weighted by Gasteiger charge is -2.12. The molecular formula is C20H15F4N7O3. The van der Waals surface area contributed by atoms with E-state index in [1.165, 1.54) is 17.8 Å². The third-order valence-corrected chi connectivity index (χ3v) is 4.49. The third-order valence-electron chi connectivity index (χ3n) is 4.49. The number of aromatic nitrogens is 5. The van der Waals surface area contributed by atoms with Crippen LogP contribution in [-0.2, 0) is 6.54 Å². The normalized spacial score (nSPS) is 11.4. The van der Waals surface area contributed by atoms with Crippen molar-refractivity contribution in [3.63, 3.8) is 0 Å². The highest BCUT2D eigenvalue weighted by Gasteiger charge is 2.31. The van der Waals surface area contributed by atoms with Crippen molar-refractivity contribution in [2.24, 2.45) is 0 Å². The Balaban J connectivity index is 1.57. The number of rotatable bonds is 6. The number of carbonyl (C=O) groups excluding carboxylic acids is 1. The summed E-state index contributed by atoms with van der Waals surface area (Å²) in [5.41, 5.74) is 6.42. The van der Waals surface area contributed by atoms with Crippen molar-refractivity contribution in [1.29, 1.82) is 0 Å². The van der Waals surface area contributed by atoms with Gasteiger partial charge in [0.25, 0.3) is 5.91 Å². The van der Waals surface area contributed by atoms with Gasteiger partial charge in [-0.25, -0.2) is 18.9 Å². The Morgan fingerprint density at radius 2 is 2.00 bits per heavy atom. The fourth-order valence-corrected chi connectivity index (χ4v) is 3.02. The molecule has 3 aromatic heterocycles. The van der Waals surface area contributed by atoms with E-state index in [1.807, 2.05) is 0 Å². The smallest absolute Gasteiger partial charge is 0.479 e. The summed E-state index contributed by atoms with van der Waals surface area (Å²) in [7, 11) is 1.28. The second kappa shape index (κ2) is 8.80. The number of anilines is 1. The maximum atomic E-state index is 14.1. The minimum atomic E-state index is -4.94. The first-order chi connectivity index (χ1) is 16.1. The van der Waals surface area contributed by atoms with Gasteiger partial charge in [-0.1, -0.05) is 0 Å². The largest absolute Gasteiger partial charge is 0.573 e. The maximum absolute atomic E-state index is 14.1. The molecule has 34 heavy (non-hydrogen) atoms. The topological polar surface area (TPSA) is 130 Å². The second-order valence-corrected chi connectivity index (χ2v) is 6.79. The molecule has 0 unspecified atom stereocenters. The van der Waals surface area contributed by atoms with E-state index in [-0.39, 0.29) is 23.1 Å². The zero-order chi connectivity index (χ0) is 24.5. The van der Waals surface area contributed by atoms with E-state index in [2.05, 4.69) is 30.1 Å². The quantitative estimate of drug-likeness (QED) is 0.406. The number of amides is 1. The zero-order valence-electron chi connectivity index (χ0n) is 17.3. The van der Waals surface area contributed by atoms with Gasteiger partial charge in [0.1, 0.15) is 11.6 Å². The van der Waals surface area contributed by atoms with Gasteiger partial charge in [0.15, 0.2) is 11.3 Å². The van der Waals surface area contributed by atoms with Crippen LogP contribution < -0.4 is 20.5 Å². The van der Waals surface area contributed by atoms with Gasteiger partial charge >= 0.3 is 6.36 Å². The van der Waals surface area contributed by atoms with E-state index in [0.29, 0.717) is 16.9 Å². The predicted octanol–water partition coefficient (Wildman–Crippen LogP) is 2.74. The Kier molecular flexibility index (Phi) is 5.88. The summed E-state index contributed by atoms with van der Waals surface area (Å²) in [5, 5.41) is 6.36. The summed E-state index contributed by atoms with van der Waals surface area (Å²) in [4.78, 5) is 25.2. The number of alkyl halides is 3. The number of nitrogens with zero attached hydrogens (tertiary/aromatic N) is 5. The minimum Gasteiger partial charge on any atom is -0.479 e. The van der Waals surface area contributed by atoms with Gasteiger partial charge in [0.2, 0.25) is 11.8 Å². The number of nitrogen functional groups attached to an aromatic ring is 1. The van der Waals surface area contributed by atoms with Gasteiger partial charge in [0.05, 0.1) is 19.0 Å². The van der Waals surface area contributed by atoms with E-state index >= 15 is 0 Å². The van der Waals surface area contributed by atoms with Crippen LogP contribution in [0.5, 0.6) is 11.6 Å². The molecule has 0 aliphatic heterocycles. The summed E-state index contributed by atoms with van der Waals surface area (Å²) in [5.74, 6) is -2.27.